The van der Waals surface area contributed by atoms with E-state index in [4.69, 9.17) is 9.15 Å². The fourth-order valence-corrected chi connectivity index (χ4v) is 4.36. The molecule has 2 aliphatic heterocycles. The second-order valence-corrected chi connectivity index (χ2v) is 8.35. The molecule has 2 saturated heterocycles. The van der Waals surface area contributed by atoms with Gasteiger partial charge >= 0.3 is 5.97 Å². The number of nitrogens with zero attached hydrogens (tertiary/aromatic N) is 2. The van der Waals surface area contributed by atoms with Gasteiger partial charge in [0.25, 0.3) is 11.1 Å². The van der Waals surface area contributed by atoms with Gasteiger partial charge in [-0.3, -0.25) is 19.3 Å². The van der Waals surface area contributed by atoms with Crippen molar-refractivity contribution in [3.05, 3.63) is 52.6 Å². The van der Waals surface area contributed by atoms with Crippen LogP contribution in [0.1, 0.15) is 35.9 Å². The van der Waals surface area contributed by atoms with Crippen LogP contribution in [-0.4, -0.2) is 59.1 Å². The number of rotatable bonds is 6. The molecule has 2 aromatic rings. The number of benzene rings is 1. The molecule has 4 rings (SSSR count). The van der Waals surface area contributed by atoms with Crippen molar-refractivity contribution in [1.82, 2.24) is 9.80 Å². The van der Waals surface area contributed by atoms with Crippen LogP contribution in [0, 0.1) is 0 Å². The first-order valence-electron chi connectivity index (χ1n) is 10.4. The molecule has 0 bridgehead atoms. The quantitative estimate of drug-likeness (QED) is 0.484. The minimum absolute atomic E-state index is 0.211. The maximum Gasteiger partial charge on any atom is 0.338 e. The van der Waals surface area contributed by atoms with E-state index < -0.39 is 17.1 Å². The number of furan rings is 1. The molecule has 2 fully saturated rings. The predicted octanol–water partition coefficient (Wildman–Crippen LogP) is 3.78. The fourth-order valence-electron chi connectivity index (χ4n) is 3.54. The van der Waals surface area contributed by atoms with Gasteiger partial charge in [-0.15, -0.1) is 0 Å². The highest BCUT2D eigenvalue weighted by molar-refractivity contribution is 8.18. The largest absolute Gasteiger partial charge is 0.462 e. The van der Waals surface area contributed by atoms with Crippen LogP contribution < -0.4 is 0 Å². The van der Waals surface area contributed by atoms with Crippen molar-refractivity contribution in [1.29, 1.82) is 0 Å². The Kier molecular flexibility index (Phi) is 6.45. The molecule has 2 aliphatic rings. The lowest BCUT2D eigenvalue weighted by molar-refractivity contribution is -0.135. The topological polar surface area (TPSA) is 97.1 Å². The summed E-state index contributed by atoms with van der Waals surface area (Å²) >= 11 is 0.792. The van der Waals surface area contributed by atoms with Gasteiger partial charge in [0, 0.05) is 24.7 Å². The van der Waals surface area contributed by atoms with Crippen LogP contribution in [0.15, 0.2) is 45.7 Å². The summed E-state index contributed by atoms with van der Waals surface area (Å²) in [6.45, 7) is 3.15. The van der Waals surface area contributed by atoms with Crippen molar-refractivity contribution in [2.24, 2.45) is 0 Å². The molecule has 8 nitrogen and oxygen atoms in total. The van der Waals surface area contributed by atoms with Crippen molar-refractivity contribution in [3.8, 4) is 11.3 Å². The number of esters is 1. The highest BCUT2D eigenvalue weighted by atomic mass is 32.2. The summed E-state index contributed by atoms with van der Waals surface area (Å²) in [6, 6.07) is 10.2. The van der Waals surface area contributed by atoms with Gasteiger partial charge in [0.15, 0.2) is 0 Å². The Morgan fingerprint density at radius 3 is 2.50 bits per heavy atom. The molecule has 0 N–H and O–H groups in total. The second-order valence-electron chi connectivity index (χ2n) is 7.36. The maximum atomic E-state index is 12.7. The lowest BCUT2D eigenvalue weighted by Gasteiger charge is -2.18. The van der Waals surface area contributed by atoms with Crippen LogP contribution in [-0.2, 0) is 14.3 Å². The molecule has 0 unspecified atom stereocenters. The van der Waals surface area contributed by atoms with Crippen LogP contribution in [0.5, 0.6) is 0 Å². The highest BCUT2D eigenvalue weighted by Gasteiger charge is 2.37. The molecule has 0 aliphatic carbocycles. The van der Waals surface area contributed by atoms with Crippen LogP contribution in [0.2, 0.25) is 0 Å². The number of amides is 3. The summed E-state index contributed by atoms with van der Waals surface area (Å²) in [5.41, 5.74) is 1.20. The van der Waals surface area contributed by atoms with Crippen molar-refractivity contribution >= 4 is 40.9 Å². The van der Waals surface area contributed by atoms with Gasteiger partial charge < -0.3 is 14.1 Å². The number of ether oxygens (including phenoxy) is 1. The van der Waals surface area contributed by atoms with Gasteiger partial charge in [-0.2, -0.15) is 0 Å². The maximum absolute atomic E-state index is 12.7. The van der Waals surface area contributed by atoms with Gasteiger partial charge in [0.05, 0.1) is 17.1 Å². The van der Waals surface area contributed by atoms with E-state index >= 15 is 0 Å². The highest BCUT2D eigenvalue weighted by Crippen LogP contribution is 2.33. The number of likely N-dealkylation sites (tertiary alicyclic amines) is 1. The summed E-state index contributed by atoms with van der Waals surface area (Å²) in [5.74, 6) is -0.138. The lowest BCUT2D eigenvalue weighted by Crippen LogP contribution is -2.40. The first-order valence-corrected chi connectivity index (χ1v) is 11.2. The SMILES string of the molecule is CCOC(=O)c1ccc(-c2ccc(/C=C3\SC(=O)N(CC(=O)N4CCCC4)C3=O)o2)cc1. The molecule has 1 aromatic heterocycles. The number of thioether (sulfide) groups is 1. The third-order valence-electron chi connectivity index (χ3n) is 5.21. The fraction of sp³-hybridized carbons (Fsp3) is 0.304. The van der Waals surface area contributed by atoms with Gasteiger partial charge in [-0.25, -0.2) is 4.79 Å². The van der Waals surface area contributed by atoms with E-state index in [1.807, 2.05) is 0 Å². The van der Waals surface area contributed by atoms with E-state index in [2.05, 4.69) is 0 Å². The number of imide groups is 1. The summed E-state index contributed by atoms with van der Waals surface area (Å²) in [7, 11) is 0. The van der Waals surface area contributed by atoms with Gasteiger partial charge in [-0.05, 0) is 55.8 Å². The molecule has 0 radical (unpaired) electrons. The zero-order chi connectivity index (χ0) is 22.7. The van der Waals surface area contributed by atoms with Crippen LogP contribution in [0.25, 0.3) is 17.4 Å². The molecule has 9 heteroatoms. The summed E-state index contributed by atoms with van der Waals surface area (Å²) in [6.07, 6.45) is 3.39. The second kappa shape index (κ2) is 9.44. The Bertz CT molecular complexity index is 1080. The van der Waals surface area contributed by atoms with Gasteiger partial charge in [-0.1, -0.05) is 12.1 Å². The number of hydrogen-bond acceptors (Lipinski definition) is 7. The molecule has 166 valence electrons. The van der Waals surface area contributed by atoms with Crippen molar-refractivity contribution in [3.63, 3.8) is 0 Å². The number of carbonyl (C=O) groups excluding carboxylic acids is 4. The molecular weight excluding hydrogens is 432 g/mol. The number of hydrogen-bond donors (Lipinski definition) is 0. The normalized spacial score (nSPS) is 17.5. The Labute approximate surface area is 189 Å². The molecule has 0 atom stereocenters. The lowest BCUT2D eigenvalue weighted by atomic mass is 10.1. The average Bonchev–Trinajstić information content (AvgIpc) is 3.53. The molecule has 3 amide bonds. The molecular formula is C23H22N2O6S. The monoisotopic (exact) mass is 454 g/mol. The third-order valence-corrected chi connectivity index (χ3v) is 6.11. The zero-order valence-corrected chi connectivity index (χ0v) is 18.4. The smallest absolute Gasteiger partial charge is 0.338 e. The molecule has 0 saturated carbocycles. The van der Waals surface area contributed by atoms with Gasteiger partial charge in [0.1, 0.15) is 18.1 Å². The minimum atomic E-state index is -0.496. The van der Waals surface area contributed by atoms with Crippen LogP contribution in [0.3, 0.4) is 0 Å². The zero-order valence-electron chi connectivity index (χ0n) is 17.5. The number of carbonyl (C=O) groups is 4. The van der Waals surface area contributed by atoms with E-state index in [9.17, 15) is 19.2 Å². The van der Waals surface area contributed by atoms with E-state index in [1.165, 1.54) is 6.08 Å². The van der Waals surface area contributed by atoms with E-state index in [1.54, 1.807) is 48.2 Å². The standard InChI is InChI=1S/C23H22N2O6S/c1-2-30-22(28)16-7-5-15(6-8-16)18-10-9-17(31-18)13-19-21(27)25(23(29)32-19)14-20(26)24-11-3-4-12-24/h5-10,13H,2-4,11-12,14H2,1H3/b19-13-. The average molecular weight is 455 g/mol. The predicted molar refractivity (Wildman–Crippen MR) is 119 cm³/mol. The summed E-state index contributed by atoms with van der Waals surface area (Å²) < 4.78 is 10.8. The summed E-state index contributed by atoms with van der Waals surface area (Å²) in [5, 5.41) is -0.463. The van der Waals surface area contributed by atoms with Crippen molar-refractivity contribution in [2.45, 2.75) is 19.8 Å². The molecule has 1 aromatic carbocycles. The van der Waals surface area contributed by atoms with E-state index in [0.29, 0.717) is 36.8 Å². The van der Waals surface area contributed by atoms with Crippen LogP contribution >= 0.6 is 11.8 Å². The summed E-state index contributed by atoms with van der Waals surface area (Å²) in [4.78, 5) is 51.9. The van der Waals surface area contributed by atoms with Crippen molar-refractivity contribution < 1.29 is 28.3 Å². The Morgan fingerprint density at radius 2 is 1.81 bits per heavy atom. The first kappa shape index (κ1) is 21.9. The van der Waals surface area contributed by atoms with E-state index in [0.717, 1.165) is 35.1 Å². The van der Waals surface area contributed by atoms with Crippen molar-refractivity contribution in [2.75, 3.05) is 26.2 Å². The first-order chi connectivity index (χ1) is 15.5. The minimum Gasteiger partial charge on any atom is -0.462 e. The van der Waals surface area contributed by atoms with Crippen LogP contribution in [0.4, 0.5) is 4.79 Å². The van der Waals surface area contributed by atoms with E-state index in [-0.39, 0.29) is 17.4 Å². The van der Waals surface area contributed by atoms with Gasteiger partial charge in [0.2, 0.25) is 5.91 Å². The Hall–Kier alpha value is -3.33. The third kappa shape index (κ3) is 4.62. The Balaban J connectivity index is 1.44. The molecule has 32 heavy (non-hydrogen) atoms. The molecule has 3 heterocycles. The molecule has 0 spiro atoms. The Morgan fingerprint density at radius 1 is 1.09 bits per heavy atom.